The van der Waals surface area contributed by atoms with Crippen LogP contribution in [0.4, 0.5) is 10.1 Å². The van der Waals surface area contributed by atoms with Crippen molar-refractivity contribution in [3.8, 4) is 0 Å². The van der Waals surface area contributed by atoms with Gasteiger partial charge in [0.25, 0.3) is 10.0 Å². The number of hydrogen-bond acceptors (Lipinski definition) is 4. The summed E-state index contributed by atoms with van der Waals surface area (Å²) in [6.07, 6.45) is 1.20. The lowest BCUT2D eigenvalue weighted by Gasteiger charge is -2.19. The minimum atomic E-state index is -4.04. The number of pyridine rings is 1. The number of ketones is 1. The molecule has 0 aliphatic carbocycles. The van der Waals surface area contributed by atoms with E-state index < -0.39 is 21.6 Å². The molecule has 0 fully saturated rings. The smallest absolute Gasteiger partial charge is 0.261 e. The first kappa shape index (κ1) is 21.9. The van der Waals surface area contributed by atoms with Crippen molar-refractivity contribution in [2.24, 2.45) is 0 Å². The van der Waals surface area contributed by atoms with Gasteiger partial charge in [0.15, 0.2) is 0 Å². The molecule has 5 nitrogen and oxygen atoms in total. The quantitative estimate of drug-likeness (QED) is 0.546. The highest BCUT2D eigenvalue weighted by Gasteiger charge is 2.23. The Morgan fingerprint density at radius 3 is 2.30 bits per heavy atom. The number of carbonyl (C=O) groups is 1. The molecule has 0 saturated heterocycles. The number of anilines is 1. The van der Waals surface area contributed by atoms with E-state index in [1.807, 2.05) is 20.8 Å². The molecular formula is C22H20ClFN2O3S. The molecular weight excluding hydrogens is 427 g/mol. The number of carbonyl (C=O) groups excluding carboxylic acids is 1. The van der Waals surface area contributed by atoms with E-state index in [1.165, 1.54) is 42.6 Å². The molecule has 0 spiro atoms. The van der Waals surface area contributed by atoms with Crippen molar-refractivity contribution in [1.82, 2.24) is 4.98 Å². The van der Waals surface area contributed by atoms with Crippen LogP contribution in [0.25, 0.3) is 0 Å². The minimum absolute atomic E-state index is 0.0137. The molecule has 1 heterocycles. The van der Waals surface area contributed by atoms with Crippen LogP contribution in [0, 0.1) is 5.82 Å². The lowest BCUT2D eigenvalue weighted by molar-refractivity contribution is 0.103. The number of halogens is 2. The van der Waals surface area contributed by atoms with Gasteiger partial charge in [0, 0.05) is 6.20 Å². The van der Waals surface area contributed by atoms with E-state index in [1.54, 1.807) is 12.1 Å². The van der Waals surface area contributed by atoms with Crippen LogP contribution < -0.4 is 4.72 Å². The van der Waals surface area contributed by atoms with E-state index in [-0.39, 0.29) is 32.3 Å². The molecule has 0 saturated carbocycles. The second-order valence-corrected chi connectivity index (χ2v) is 9.86. The second kappa shape index (κ2) is 8.16. The van der Waals surface area contributed by atoms with Gasteiger partial charge in [-0.1, -0.05) is 56.6 Å². The Hall–Kier alpha value is -2.77. The van der Waals surface area contributed by atoms with Gasteiger partial charge in [-0.2, -0.15) is 0 Å². The average molecular weight is 447 g/mol. The van der Waals surface area contributed by atoms with Crippen molar-refractivity contribution in [3.05, 3.63) is 88.5 Å². The standard InChI is InChI=1S/C22H20ClFN2O3S/c1-22(2,3)14-8-10-16(11-9-14)30(28,29)26-19-12-15(23)13-25-20(19)21(27)17-6-4-5-7-18(17)24/h4-13,26H,1-3H3. The summed E-state index contributed by atoms with van der Waals surface area (Å²) in [6, 6.07) is 13.1. The molecule has 0 atom stereocenters. The third-order valence-corrected chi connectivity index (χ3v) is 6.05. The topological polar surface area (TPSA) is 76.1 Å². The number of nitrogens with one attached hydrogen (secondary N) is 1. The maximum Gasteiger partial charge on any atom is 0.261 e. The Labute approximate surface area is 180 Å². The monoisotopic (exact) mass is 446 g/mol. The lowest BCUT2D eigenvalue weighted by atomic mass is 9.87. The van der Waals surface area contributed by atoms with Crippen molar-refractivity contribution < 1.29 is 17.6 Å². The number of aromatic nitrogens is 1. The minimum Gasteiger partial charge on any atom is -0.287 e. The second-order valence-electron chi connectivity index (χ2n) is 7.74. The third-order valence-electron chi connectivity index (χ3n) is 4.46. The number of benzene rings is 2. The Morgan fingerprint density at radius 2 is 1.70 bits per heavy atom. The van der Waals surface area contributed by atoms with E-state index in [2.05, 4.69) is 9.71 Å². The summed E-state index contributed by atoms with van der Waals surface area (Å²) in [7, 11) is -4.04. The molecule has 1 aromatic heterocycles. The Balaban J connectivity index is 1.99. The highest BCUT2D eigenvalue weighted by Crippen LogP contribution is 2.27. The number of nitrogens with zero attached hydrogens (tertiary/aromatic N) is 1. The Morgan fingerprint density at radius 1 is 1.07 bits per heavy atom. The van der Waals surface area contributed by atoms with Crippen LogP contribution in [0.3, 0.4) is 0 Å². The van der Waals surface area contributed by atoms with E-state index in [0.717, 1.165) is 11.6 Å². The van der Waals surface area contributed by atoms with Gasteiger partial charge in [-0.05, 0) is 41.3 Å². The summed E-state index contributed by atoms with van der Waals surface area (Å²) in [6.45, 7) is 6.06. The number of hydrogen-bond donors (Lipinski definition) is 1. The fraction of sp³-hybridized carbons (Fsp3) is 0.182. The summed E-state index contributed by atoms with van der Waals surface area (Å²) in [5.74, 6) is -1.49. The summed E-state index contributed by atoms with van der Waals surface area (Å²) in [4.78, 5) is 16.8. The molecule has 30 heavy (non-hydrogen) atoms. The lowest BCUT2D eigenvalue weighted by Crippen LogP contribution is -2.18. The van der Waals surface area contributed by atoms with E-state index in [0.29, 0.717) is 0 Å². The van der Waals surface area contributed by atoms with Crippen LogP contribution in [-0.4, -0.2) is 19.2 Å². The molecule has 0 aliphatic rings. The Bertz CT molecular complexity index is 1200. The molecule has 1 N–H and O–H groups in total. The zero-order valence-electron chi connectivity index (χ0n) is 16.6. The number of sulfonamides is 1. The summed E-state index contributed by atoms with van der Waals surface area (Å²) < 4.78 is 42.2. The average Bonchev–Trinajstić information content (AvgIpc) is 2.67. The van der Waals surface area contributed by atoms with Crippen molar-refractivity contribution in [1.29, 1.82) is 0 Å². The molecule has 0 radical (unpaired) electrons. The van der Waals surface area contributed by atoms with E-state index in [9.17, 15) is 17.6 Å². The first-order valence-corrected chi connectivity index (χ1v) is 10.9. The molecule has 2 aromatic carbocycles. The van der Waals surface area contributed by atoms with Gasteiger partial charge in [-0.15, -0.1) is 0 Å². The van der Waals surface area contributed by atoms with Gasteiger partial charge in [0.2, 0.25) is 5.78 Å². The summed E-state index contributed by atoms with van der Waals surface area (Å²) in [5.41, 5.74) is 0.241. The highest BCUT2D eigenvalue weighted by molar-refractivity contribution is 7.92. The predicted molar refractivity (Wildman–Crippen MR) is 115 cm³/mol. The SMILES string of the molecule is CC(C)(C)c1ccc(S(=O)(=O)Nc2cc(Cl)cnc2C(=O)c2ccccc2F)cc1. The summed E-state index contributed by atoms with van der Waals surface area (Å²) >= 11 is 5.96. The van der Waals surface area contributed by atoms with Crippen molar-refractivity contribution in [2.75, 3.05) is 4.72 Å². The molecule has 0 aliphatic heterocycles. The largest absolute Gasteiger partial charge is 0.287 e. The van der Waals surface area contributed by atoms with Crippen molar-refractivity contribution in [3.63, 3.8) is 0 Å². The first-order chi connectivity index (χ1) is 14.0. The van der Waals surface area contributed by atoms with Gasteiger partial charge >= 0.3 is 0 Å². The van der Waals surface area contributed by atoms with Crippen molar-refractivity contribution >= 4 is 33.1 Å². The predicted octanol–water partition coefficient (Wildman–Crippen LogP) is 5.20. The van der Waals surface area contributed by atoms with E-state index in [4.69, 9.17) is 11.6 Å². The molecule has 0 amide bonds. The maximum absolute atomic E-state index is 14.1. The van der Waals surface area contributed by atoms with E-state index >= 15 is 0 Å². The van der Waals surface area contributed by atoms with Crippen LogP contribution in [0.1, 0.15) is 42.4 Å². The first-order valence-electron chi connectivity index (χ1n) is 9.07. The maximum atomic E-state index is 14.1. The molecule has 0 bridgehead atoms. The normalized spacial score (nSPS) is 11.9. The summed E-state index contributed by atoms with van der Waals surface area (Å²) in [5, 5.41) is 0.126. The van der Waals surface area contributed by atoms with Crippen LogP contribution in [0.5, 0.6) is 0 Å². The van der Waals surface area contributed by atoms with Gasteiger partial charge in [0.1, 0.15) is 11.5 Å². The molecule has 156 valence electrons. The van der Waals surface area contributed by atoms with Crippen LogP contribution in [0.15, 0.2) is 65.7 Å². The molecule has 3 rings (SSSR count). The fourth-order valence-corrected chi connectivity index (χ4v) is 4.02. The van der Waals surface area contributed by atoms with Gasteiger partial charge in [-0.3, -0.25) is 9.52 Å². The van der Waals surface area contributed by atoms with Crippen LogP contribution in [-0.2, 0) is 15.4 Å². The van der Waals surface area contributed by atoms with Gasteiger partial charge in [0.05, 0.1) is 21.2 Å². The van der Waals surface area contributed by atoms with Gasteiger partial charge in [-0.25, -0.2) is 17.8 Å². The zero-order valence-corrected chi connectivity index (χ0v) is 18.2. The highest BCUT2D eigenvalue weighted by atomic mass is 35.5. The molecule has 0 unspecified atom stereocenters. The fourth-order valence-electron chi connectivity index (χ4n) is 2.81. The van der Waals surface area contributed by atoms with Crippen LogP contribution in [0.2, 0.25) is 5.02 Å². The third kappa shape index (κ3) is 4.68. The van der Waals surface area contributed by atoms with Gasteiger partial charge < -0.3 is 0 Å². The molecule has 3 aromatic rings. The zero-order chi connectivity index (χ0) is 22.1. The Kier molecular flexibility index (Phi) is 5.97. The number of rotatable bonds is 5. The van der Waals surface area contributed by atoms with Crippen LogP contribution >= 0.6 is 11.6 Å². The van der Waals surface area contributed by atoms with Crippen molar-refractivity contribution in [2.45, 2.75) is 31.1 Å². The molecule has 8 heteroatoms.